The van der Waals surface area contributed by atoms with Crippen LogP contribution in [0.15, 0.2) is 82.9 Å². The van der Waals surface area contributed by atoms with Gasteiger partial charge >= 0.3 is 133 Å². The van der Waals surface area contributed by atoms with Crippen LogP contribution in [0.25, 0.3) is 17.2 Å². The van der Waals surface area contributed by atoms with E-state index in [0.717, 1.165) is 0 Å². The van der Waals surface area contributed by atoms with E-state index >= 15 is 0 Å². The normalized spacial score (nSPS) is 13.3. The first-order valence-corrected chi connectivity index (χ1v) is 11.2. The molecule has 3 aromatic carbocycles. The second kappa shape index (κ2) is 5.54. The number of benzene rings is 3. The summed E-state index contributed by atoms with van der Waals surface area (Å²) in [5.74, 6) is 0. The van der Waals surface area contributed by atoms with E-state index in [1.165, 1.54) is 20.2 Å². The fourth-order valence-electron chi connectivity index (χ4n) is 2.85. The molecular formula is C20H15Sb. The molecule has 0 fully saturated rings. The van der Waals surface area contributed by atoms with Crippen molar-refractivity contribution in [3.05, 3.63) is 88.4 Å². The van der Waals surface area contributed by atoms with Gasteiger partial charge in [0.15, 0.2) is 0 Å². The van der Waals surface area contributed by atoms with Gasteiger partial charge in [0.25, 0.3) is 0 Å². The van der Waals surface area contributed by atoms with E-state index in [1.807, 2.05) is 0 Å². The summed E-state index contributed by atoms with van der Waals surface area (Å²) in [5.41, 5.74) is 4.13. The number of hydrogen-bond acceptors (Lipinski definition) is 0. The van der Waals surface area contributed by atoms with Gasteiger partial charge in [0.2, 0.25) is 0 Å². The number of rotatable bonds is 1. The molecule has 0 spiro atoms. The Morgan fingerprint density at radius 1 is 0.571 bits per heavy atom. The van der Waals surface area contributed by atoms with Crippen molar-refractivity contribution < 1.29 is 0 Å². The summed E-state index contributed by atoms with van der Waals surface area (Å²) in [4.78, 5) is 0. The van der Waals surface area contributed by atoms with Crippen LogP contribution in [-0.4, -0.2) is 20.2 Å². The van der Waals surface area contributed by atoms with E-state index in [4.69, 9.17) is 0 Å². The van der Waals surface area contributed by atoms with Crippen molar-refractivity contribution in [1.82, 2.24) is 0 Å². The van der Waals surface area contributed by atoms with Gasteiger partial charge in [-0.1, -0.05) is 0 Å². The predicted molar refractivity (Wildman–Crippen MR) is 92.4 cm³/mol. The van der Waals surface area contributed by atoms with Crippen molar-refractivity contribution >= 4 is 33.3 Å². The molecule has 0 N–H and O–H groups in total. The van der Waals surface area contributed by atoms with Gasteiger partial charge in [-0.05, 0) is 0 Å². The topological polar surface area (TPSA) is 0 Å². The van der Waals surface area contributed by atoms with Crippen LogP contribution in [0.5, 0.6) is 0 Å². The molecule has 1 aliphatic heterocycles. The molecule has 0 bridgehead atoms. The summed E-state index contributed by atoms with van der Waals surface area (Å²) in [5, 5.41) is 0. The number of fused-ring (bicyclic) bond motifs is 3. The monoisotopic (exact) mass is 376 g/mol. The molecule has 21 heavy (non-hydrogen) atoms. The molecule has 0 saturated heterocycles. The van der Waals surface area contributed by atoms with Crippen LogP contribution < -0.4 is 7.02 Å². The third-order valence-corrected chi connectivity index (χ3v) is 10.2. The van der Waals surface area contributed by atoms with Gasteiger partial charge in [-0.3, -0.25) is 0 Å². The Kier molecular flexibility index (Phi) is 3.41. The average molecular weight is 377 g/mol. The Labute approximate surface area is 132 Å². The fraction of sp³-hybridized carbons (Fsp3) is 0. The molecule has 1 heterocycles. The summed E-state index contributed by atoms with van der Waals surface area (Å²) >= 11 is -1.81. The van der Waals surface area contributed by atoms with Crippen LogP contribution in [0.4, 0.5) is 0 Å². The van der Waals surface area contributed by atoms with Crippen molar-refractivity contribution in [1.29, 1.82) is 0 Å². The predicted octanol–water partition coefficient (Wildman–Crippen LogP) is 3.53. The molecule has 100 valence electrons. The van der Waals surface area contributed by atoms with Crippen LogP contribution >= 0.6 is 0 Å². The molecule has 0 aliphatic carbocycles. The molecular weight excluding hydrogens is 362 g/mol. The van der Waals surface area contributed by atoms with Crippen molar-refractivity contribution in [2.45, 2.75) is 0 Å². The molecule has 1 aliphatic rings. The van der Waals surface area contributed by atoms with Gasteiger partial charge in [-0.15, -0.1) is 0 Å². The molecule has 0 radical (unpaired) electrons. The first-order chi connectivity index (χ1) is 10.4. The Morgan fingerprint density at radius 3 is 2.10 bits per heavy atom. The molecule has 4 rings (SSSR count). The first-order valence-electron chi connectivity index (χ1n) is 7.14. The number of hydrogen-bond donors (Lipinski definition) is 0. The fourth-order valence-corrected chi connectivity index (χ4v) is 8.88. The van der Waals surface area contributed by atoms with Gasteiger partial charge in [0.05, 0.1) is 0 Å². The molecule has 0 aromatic heterocycles. The van der Waals surface area contributed by atoms with E-state index in [1.54, 1.807) is 3.51 Å². The zero-order valence-electron chi connectivity index (χ0n) is 11.6. The summed E-state index contributed by atoms with van der Waals surface area (Å²) < 4.78 is 5.59. The molecule has 1 heteroatoms. The third kappa shape index (κ3) is 2.34. The average Bonchev–Trinajstić information content (AvgIpc) is 2.73. The minimum atomic E-state index is -1.81. The van der Waals surface area contributed by atoms with Crippen LogP contribution in [0, 0.1) is 0 Å². The van der Waals surface area contributed by atoms with Crippen LogP contribution in [0.3, 0.4) is 0 Å². The molecule has 0 atom stereocenters. The molecule has 0 amide bonds. The minimum absolute atomic E-state index is 1.34. The molecule has 0 nitrogen and oxygen atoms in total. The van der Waals surface area contributed by atoms with Crippen LogP contribution in [0.2, 0.25) is 0 Å². The zero-order chi connectivity index (χ0) is 14.1. The van der Waals surface area contributed by atoms with Crippen LogP contribution in [-0.2, 0) is 0 Å². The second-order valence-corrected chi connectivity index (χ2v) is 10.9. The summed E-state index contributed by atoms with van der Waals surface area (Å²) in [6, 6.07) is 28.7. The Balaban J connectivity index is 1.98. The van der Waals surface area contributed by atoms with Gasteiger partial charge in [-0.25, -0.2) is 0 Å². The van der Waals surface area contributed by atoms with Crippen molar-refractivity contribution in [2.75, 3.05) is 0 Å². The van der Waals surface area contributed by atoms with E-state index in [2.05, 4.69) is 89.0 Å². The Bertz CT molecular complexity index is 803. The van der Waals surface area contributed by atoms with Gasteiger partial charge < -0.3 is 0 Å². The quantitative estimate of drug-likeness (QED) is 0.570. The zero-order valence-corrected chi connectivity index (χ0v) is 14.2. The van der Waals surface area contributed by atoms with Crippen molar-refractivity contribution in [3.8, 4) is 11.1 Å². The third-order valence-electron chi connectivity index (χ3n) is 3.85. The summed E-state index contributed by atoms with van der Waals surface area (Å²) in [6.07, 6.45) is 2.34. The molecule has 0 unspecified atom stereocenters. The van der Waals surface area contributed by atoms with Gasteiger partial charge in [0, 0.05) is 0 Å². The second-order valence-electron chi connectivity index (χ2n) is 5.13. The van der Waals surface area contributed by atoms with Gasteiger partial charge in [0.1, 0.15) is 0 Å². The molecule has 0 saturated carbocycles. The van der Waals surface area contributed by atoms with Gasteiger partial charge in [-0.2, -0.15) is 0 Å². The summed E-state index contributed by atoms with van der Waals surface area (Å²) in [6.45, 7) is 0. The van der Waals surface area contributed by atoms with Crippen LogP contribution in [0.1, 0.15) is 5.56 Å². The Morgan fingerprint density at radius 2 is 1.24 bits per heavy atom. The summed E-state index contributed by atoms with van der Waals surface area (Å²) in [7, 11) is 0. The maximum absolute atomic E-state index is 2.50. The van der Waals surface area contributed by atoms with Crippen molar-refractivity contribution in [2.24, 2.45) is 0 Å². The standard InChI is InChI=1S/C14H10.C6H5.Sb/c1-2-12-8-6-7-11-14(12)13-9-4-3-5-10-13;1-2-4-6-5-3-1;/h1-9,11H;1-5H;. The first kappa shape index (κ1) is 12.9. The van der Waals surface area contributed by atoms with E-state index in [0.29, 0.717) is 0 Å². The van der Waals surface area contributed by atoms with E-state index in [9.17, 15) is 0 Å². The van der Waals surface area contributed by atoms with Crippen molar-refractivity contribution in [3.63, 3.8) is 0 Å². The maximum atomic E-state index is 2.50. The SMILES string of the molecule is C1=[CH][Sb]([c]2ccccc2)[c]2ccccc2-c2ccccc21. The Hall–Kier alpha value is -1.78. The van der Waals surface area contributed by atoms with E-state index < -0.39 is 20.2 Å². The van der Waals surface area contributed by atoms with E-state index in [-0.39, 0.29) is 0 Å². The molecule has 3 aromatic rings.